The summed E-state index contributed by atoms with van der Waals surface area (Å²) in [5.41, 5.74) is 16.3. The second-order valence-corrected chi connectivity index (χ2v) is 20.7. The Morgan fingerprint density at radius 1 is 0.535 bits per heavy atom. The van der Waals surface area contributed by atoms with E-state index in [2.05, 4.69) is 251 Å². The molecule has 11 aromatic rings. The van der Waals surface area contributed by atoms with E-state index in [1.54, 1.807) is 0 Å². The number of pyridine rings is 1. The number of aromatic nitrogens is 4. The average molecular weight is 1100 g/mol. The number of nitrogens with zero attached hydrogens (tertiary/aromatic N) is 4. The van der Waals surface area contributed by atoms with Crippen molar-refractivity contribution in [2.24, 2.45) is 0 Å². The molecule has 0 saturated heterocycles. The molecular formula is C65H56N4OPt-2. The van der Waals surface area contributed by atoms with Gasteiger partial charge in [-0.1, -0.05) is 188 Å². The molecule has 5 nitrogen and oxygen atoms in total. The number of hydrogen-bond acceptors (Lipinski definition) is 2. The zero-order valence-electron chi connectivity index (χ0n) is 41.5. The van der Waals surface area contributed by atoms with Crippen LogP contribution in [0.15, 0.2) is 188 Å². The van der Waals surface area contributed by atoms with Crippen LogP contribution in [0, 0.1) is 18.5 Å². The molecule has 11 rings (SSSR count). The van der Waals surface area contributed by atoms with Crippen LogP contribution in [-0.2, 0) is 31.9 Å². The molecule has 0 amide bonds. The summed E-state index contributed by atoms with van der Waals surface area (Å²) in [6, 6.07) is 72.1. The molecule has 0 N–H and O–H groups in total. The summed E-state index contributed by atoms with van der Waals surface area (Å²) in [5.74, 6) is 2.37. The van der Waals surface area contributed by atoms with E-state index in [1.165, 1.54) is 22.3 Å². The van der Waals surface area contributed by atoms with Gasteiger partial charge in [-0.3, -0.25) is 4.57 Å². The van der Waals surface area contributed by atoms with Crippen LogP contribution in [0.1, 0.15) is 78.0 Å². The molecule has 6 heteroatoms. The van der Waals surface area contributed by atoms with Crippen LogP contribution in [0.4, 0.5) is 0 Å². The Kier molecular flexibility index (Phi) is 12.5. The smallest absolute Gasteiger partial charge is 0.268 e. The molecule has 0 atom stereocenters. The minimum absolute atomic E-state index is 0. The predicted molar refractivity (Wildman–Crippen MR) is 288 cm³/mol. The molecular weight excluding hydrogens is 1050 g/mol. The Balaban J connectivity index is 0.00000582. The van der Waals surface area contributed by atoms with Crippen LogP contribution in [0.25, 0.3) is 83.4 Å². The van der Waals surface area contributed by atoms with Crippen molar-refractivity contribution >= 4 is 32.8 Å². The molecule has 3 heterocycles. The largest absolute Gasteiger partial charge is 0.510 e. The molecule has 354 valence electrons. The molecule has 0 unspecified atom stereocenters. The van der Waals surface area contributed by atoms with Crippen LogP contribution in [0.3, 0.4) is 0 Å². The predicted octanol–water partition coefficient (Wildman–Crippen LogP) is 16.3. The first-order chi connectivity index (χ1) is 33.8. The standard InChI is InChI=1S/C65H56N4O.Pt/c1-43(2)46-33-34-66-62(38-46)69-58-28-16-15-25-56(58)57-31-30-53(41-60(57)69)70-52-24-17-23-51(40-52)67-42-68(61-37-47(29-32-59(61)67)44-19-11-9-12-20-44)63-54(45-21-13-10-14-22-45)26-18-27-55(63)48-35-49(64(3,4)5)39-50(36-48)65(6,7)8;/h9-39,43H,1-8H3;/q-2;. The minimum Gasteiger partial charge on any atom is -0.510 e. The fraction of sp³-hybridized carbons (Fsp3) is 0.169. The van der Waals surface area contributed by atoms with Gasteiger partial charge in [-0.15, -0.1) is 29.7 Å². The average Bonchev–Trinajstić information content (AvgIpc) is 3.91. The number of imidazole rings is 1. The van der Waals surface area contributed by atoms with Crippen molar-refractivity contribution in [1.82, 2.24) is 14.1 Å². The quantitative estimate of drug-likeness (QED) is 0.107. The van der Waals surface area contributed by atoms with Gasteiger partial charge in [-0.25, -0.2) is 4.98 Å². The van der Waals surface area contributed by atoms with Crippen LogP contribution in [0.5, 0.6) is 11.5 Å². The maximum atomic E-state index is 6.73. The van der Waals surface area contributed by atoms with E-state index in [0.717, 1.165) is 77.8 Å². The van der Waals surface area contributed by atoms with E-state index >= 15 is 0 Å². The van der Waals surface area contributed by atoms with Crippen molar-refractivity contribution in [3.8, 4) is 62.1 Å². The number of rotatable bonds is 9. The fourth-order valence-corrected chi connectivity index (χ4v) is 9.61. The van der Waals surface area contributed by atoms with Gasteiger partial charge in [0, 0.05) is 44.3 Å². The van der Waals surface area contributed by atoms with E-state index < -0.39 is 0 Å². The molecule has 0 bridgehead atoms. The molecule has 0 saturated carbocycles. The third-order valence-corrected chi connectivity index (χ3v) is 13.5. The summed E-state index contributed by atoms with van der Waals surface area (Å²) >= 11 is 0. The summed E-state index contributed by atoms with van der Waals surface area (Å²) in [4.78, 5) is 4.85. The summed E-state index contributed by atoms with van der Waals surface area (Å²) in [7, 11) is 0. The summed E-state index contributed by atoms with van der Waals surface area (Å²) in [6.07, 6.45) is 5.81. The van der Waals surface area contributed by atoms with E-state index in [4.69, 9.17) is 9.72 Å². The Labute approximate surface area is 432 Å². The Hall–Kier alpha value is -7.33. The second kappa shape index (κ2) is 18.8. The van der Waals surface area contributed by atoms with E-state index in [9.17, 15) is 0 Å². The van der Waals surface area contributed by atoms with Gasteiger partial charge in [-0.05, 0) is 102 Å². The number of para-hydroxylation sites is 2. The summed E-state index contributed by atoms with van der Waals surface area (Å²) < 4.78 is 13.3. The first-order valence-electron chi connectivity index (χ1n) is 24.3. The molecule has 71 heavy (non-hydrogen) atoms. The van der Waals surface area contributed by atoms with Gasteiger partial charge in [0.15, 0.2) is 0 Å². The molecule has 0 spiro atoms. The summed E-state index contributed by atoms with van der Waals surface area (Å²) in [5, 5.41) is 2.22. The molecule has 0 aliphatic carbocycles. The Morgan fingerprint density at radius 3 is 1.89 bits per heavy atom. The zero-order chi connectivity index (χ0) is 48.3. The Morgan fingerprint density at radius 2 is 1.18 bits per heavy atom. The molecule has 0 aliphatic heterocycles. The number of ether oxygens (including phenoxy) is 1. The van der Waals surface area contributed by atoms with Crippen LogP contribution in [-0.4, -0.2) is 14.1 Å². The molecule has 0 fully saturated rings. The topological polar surface area (TPSA) is 35.9 Å². The van der Waals surface area contributed by atoms with Crippen molar-refractivity contribution in [1.29, 1.82) is 0 Å². The third-order valence-electron chi connectivity index (χ3n) is 13.5. The number of benzene rings is 8. The van der Waals surface area contributed by atoms with Gasteiger partial charge in [0.05, 0.1) is 16.7 Å². The van der Waals surface area contributed by atoms with Crippen LogP contribution < -0.4 is 9.30 Å². The third kappa shape index (κ3) is 9.05. The van der Waals surface area contributed by atoms with E-state index in [1.807, 2.05) is 24.4 Å². The van der Waals surface area contributed by atoms with Gasteiger partial charge in [-0.2, -0.15) is 18.2 Å². The Bertz CT molecular complexity index is 3710. The van der Waals surface area contributed by atoms with Gasteiger partial charge in [0.1, 0.15) is 5.82 Å². The summed E-state index contributed by atoms with van der Waals surface area (Å²) in [6.45, 7) is 18.2. The number of hydrogen-bond donors (Lipinski definition) is 0. The first kappa shape index (κ1) is 47.4. The zero-order valence-corrected chi connectivity index (χ0v) is 43.8. The monoisotopic (exact) mass is 1100 g/mol. The van der Waals surface area contributed by atoms with Gasteiger partial charge in [0.2, 0.25) is 0 Å². The second-order valence-electron chi connectivity index (χ2n) is 20.7. The molecule has 0 radical (unpaired) electrons. The van der Waals surface area contributed by atoms with Crippen LogP contribution >= 0.6 is 0 Å². The van der Waals surface area contributed by atoms with Crippen molar-refractivity contribution in [3.63, 3.8) is 0 Å². The molecule has 0 aliphatic rings. The number of fused-ring (bicyclic) bond motifs is 4. The normalized spacial score (nSPS) is 12.0. The fourth-order valence-electron chi connectivity index (χ4n) is 9.61. The van der Waals surface area contributed by atoms with Crippen molar-refractivity contribution in [2.75, 3.05) is 0 Å². The van der Waals surface area contributed by atoms with Crippen molar-refractivity contribution < 1.29 is 30.4 Å². The van der Waals surface area contributed by atoms with Crippen molar-refractivity contribution in [3.05, 3.63) is 223 Å². The maximum absolute atomic E-state index is 6.73. The van der Waals surface area contributed by atoms with Crippen molar-refractivity contribution in [2.45, 2.75) is 72.1 Å². The van der Waals surface area contributed by atoms with E-state index in [-0.39, 0.29) is 31.9 Å². The molecule has 8 aromatic carbocycles. The van der Waals surface area contributed by atoms with Gasteiger partial charge in [0.25, 0.3) is 6.33 Å². The van der Waals surface area contributed by atoms with E-state index in [0.29, 0.717) is 17.4 Å². The van der Waals surface area contributed by atoms with Gasteiger partial charge >= 0.3 is 0 Å². The minimum atomic E-state index is -0.0609. The van der Waals surface area contributed by atoms with Crippen LogP contribution in [0.2, 0.25) is 0 Å². The molecule has 3 aromatic heterocycles. The SMILES string of the molecule is CC(C)c1ccnc(-n2c3[c-]c(Oc4[c-]c(-n5[c-][n+](-c6c(-c7ccccc7)cccc6-c6cc(C(C)(C)C)cc(C(C)(C)C)c6)c6cc(-c7ccccc7)ccc65)ccc4)ccc3c3ccccc32)c1.[Pt]. The maximum Gasteiger partial charge on any atom is 0.268 e. The van der Waals surface area contributed by atoms with Gasteiger partial charge < -0.3 is 13.9 Å². The first-order valence-corrected chi connectivity index (χ1v) is 24.3.